The highest BCUT2D eigenvalue weighted by molar-refractivity contribution is 5.81. The molecule has 2 aromatic rings. The third-order valence-electron chi connectivity index (χ3n) is 4.52. The fourth-order valence-corrected chi connectivity index (χ4v) is 3.19. The fraction of sp³-hybridized carbons (Fsp3) is 0.412. The van der Waals surface area contributed by atoms with E-state index in [2.05, 4.69) is 15.7 Å². The molecular weight excluding hydrogens is 352 g/mol. The predicted molar refractivity (Wildman–Crippen MR) is 85.6 cm³/mol. The lowest BCUT2D eigenvalue weighted by atomic mass is 9.90. The number of benzene rings is 1. The number of aromatic nitrogens is 2. The lowest BCUT2D eigenvalue weighted by Gasteiger charge is -2.25. The number of aryl methyl sites for hydroxylation is 1. The molecule has 140 valence electrons. The number of amides is 1. The Bertz CT molecular complexity index is 772. The quantitative estimate of drug-likeness (QED) is 0.812. The van der Waals surface area contributed by atoms with Crippen molar-refractivity contribution in [3.8, 4) is 0 Å². The summed E-state index contributed by atoms with van der Waals surface area (Å²) in [5.41, 5.74) is 0.583. The Hall–Kier alpha value is -2.42. The lowest BCUT2D eigenvalue weighted by Crippen LogP contribution is -2.42. The molecular formula is C17H18F4N4O. The maximum absolute atomic E-state index is 13.4. The molecule has 0 saturated carbocycles. The number of halogens is 4. The van der Waals surface area contributed by atoms with Crippen molar-refractivity contribution in [2.45, 2.75) is 18.1 Å². The van der Waals surface area contributed by atoms with Gasteiger partial charge in [-0.3, -0.25) is 9.48 Å². The van der Waals surface area contributed by atoms with Crippen molar-refractivity contribution in [1.29, 1.82) is 0 Å². The minimum absolute atomic E-state index is 0.212. The van der Waals surface area contributed by atoms with E-state index >= 15 is 0 Å². The average molecular weight is 370 g/mol. The summed E-state index contributed by atoms with van der Waals surface area (Å²) in [6.07, 6.45) is -1.33. The number of hydrogen-bond acceptors (Lipinski definition) is 3. The molecule has 1 aliphatic heterocycles. The zero-order valence-electron chi connectivity index (χ0n) is 13.9. The molecule has 0 bridgehead atoms. The van der Waals surface area contributed by atoms with Crippen LogP contribution in [0.2, 0.25) is 0 Å². The molecule has 2 N–H and O–H groups in total. The number of carbonyl (C=O) groups is 1. The Morgan fingerprint density at radius 2 is 2.00 bits per heavy atom. The van der Waals surface area contributed by atoms with E-state index in [1.807, 2.05) is 0 Å². The van der Waals surface area contributed by atoms with Gasteiger partial charge in [0.1, 0.15) is 5.82 Å². The van der Waals surface area contributed by atoms with Crippen molar-refractivity contribution in [3.05, 3.63) is 53.6 Å². The first kappa shape index (κ1) is 18.4. The van der Waals surface area contributed by atoms with Gasteiger partial charge in [-0.15, -0.1) is 0 Å². The summed E-state index contributed by atoms with van der Waals surface area (Å²) in [5.74, 6) is -2.25. The van der Waals surface area contributed by atoms with E-state index in [0.717, 1.165) is 29.8 Å². The van der Waals surface area contributed by atoms with Gasteiger partial charge < -0.3 is 10.6 Å². The van der Waals surface area contributed by atoms with Crippen LogP contribution >= 0.6 is 0 Å². The van der Waals surface area contributed by atoms with Crippen molar-refractivity contribution in [2.75, 3.05) is 13.1 Å². The van der Waals surface area contributed by atoms with Gasteiger partial charge in [0.15, 0.2) is 6.04 Å². The number of carbonyl (C=O) groups excluding carboxylic acids is 1. The van der Waals surface area contributed by atoms with Gasteiger partial charge in [0.25, 0.3) is 0 Å². The molecule has 1 aromatic heterocycles. The Morgan fingerprint density at radius 1 is 1.31 bits per heavy atom. The number of alkyl halides is 3. The minimum atomic E-state index is -4.69. The SMILES string of the molecule is Cn1cc([C@H]2CNC[C@@H]2C(=O)NC(c2ccc(F)cc2)C(F)(F)F)cn1. The first-order valence-electron chi connectivity index (χ1n) is 8.07. The van der Waals surface area contributed by atoms with E-state index in [0.29, 0.717) is 6.54 Å². The topological polar surface area (TPSA) is 59.0 Å². The van der Waals surface area contributed by atoms with Crippen molar-refractivity contribution in [1.82, 2.24) is 20.4 Å². The number of hydrogen-bond donors (Lipinski definition) is 2. The van der Waals surface area contributed by atoms with Crippen molar-refractivity contribution >= 4 is 5.91 Å². The van der Waals surface area contributed by atoms with Crippen LogP contribution in [0, 0.1) is 11.7 Å². The Morgan fingerprint density at radius 3 is 2.58 bits per heavy atom. The molecule has 3 rings (SSSR count). The zero-order valence-corrected chi connectivity index (χ0v) is 13.9. The van der Waals surface area contributed by atoms with E-state index < -0.39 is 29.9 Å². The largest absolute Gasteiger partial charge is 0.412 e. The van der Waals surface area contributed by atoms with Gasteiger partial charge in [-0.05, 0) is 23.3 Å². The number of rotatable bonds is 4. The normalized spacial score (nSPS) is 21.6. The lowest BCUT2D eigenvalue weighted by molar-refractivity contribution is -0.164. The fourth-order valence-electron chi connectivity index (χ4n) is 3.19. The summed E-state index contributed by atoms with van der Waals surface area (Å²) >= 11 is 0. The molecule has 0 spiro atoms. The third kappa shape index (κ3) is 3.87. The van der Waals surface area contributed by atoms with Crippen LogP contribution in [0.25, 0.3) is 0 Å². The van der Waals surface area contributed by atoms with Crippen LogP contribution in [0.5, 0.6) is 0 Å². The van der Waals surface area contributed by atoms with Crippen molar-refractivity contribution in [3.63, 3.8) is 0 Å². The van der Waals surface area contributed by atoms with Crippen LogP contribution in [0.15, 0.2) is 36.7 Å². The predicted octanol–water partition coefficient (Wildman–Crippen LogP) is 2.28. The van der Waals surface area contributed by atoms with Crippen LogP contribution in [0.3, 0.4) is 0 Å². The van der Waals surface area contributed by atoms with Crippen LogP contribution in [-0.4, -0.2) is 35.0 Å². The zero-order chi connectivity index (χ0) is 18.9. The summed E-state index contributed by atoms with van der Waals surface area (Å²) in [6.45, 7) is 0.760. The first-order chi connectivity index (χ1) is 12.3. The first-order valence-corrected chi connectivity index (χ1v) is 8.07. The maximum atomic E-state index is 13.4. The highest BCUT2D eigenvalue weighted by atomic mass is 19.4. The third-order valence-corrected chi connectivity index (χ3v) is 4.52. The summed E-state index contributed by atoms with van der Waals surface area (Å²) < 4.78 is 54.9. The van der Waals surface area contributed by atoms with Gasteiger partial charge in [-0.1, -0.05) is 12.1 Å². The molecule has 26 heavy (non-hydrogen) atoms. The van der Waals surface area contributed by atoms with Gasteiger partial charge in [-0.25, -0.2) is 4.39 Å². The van der Waals surface area contributed by atoms with Gasteiger partial charge in [0.05, 0.1) is 12.1 Å². The maximum Gasteiger partial charge on any atom is 0.412 e. The van der Waals surface area contributed by atoms with Gasteiger partial charge >= 0.3 is 6.18 Å². The second-order valence-electron chi connectivity index (χ2n) is 6.35. The van der Waals surface area contributed by atoms with E-state index in [-0.39, 0.29) is 18.0 Å². The summed E-state index contributed by atoms with van der Waals surface area (Å²) in [5, 5.41) is 9.18. The second kappa shape index (κ2) is 7.06. The van der Waals surface area contributed by atoms with E-state index in [4.69, 9.17) is 0 Å². The summed E-state index contributed by atoms with van der Waals surface area (Å²) in [6, 6.07) is 1.75. The van der Waals surface area contributed by atoms with E-state index in [1.165, 1.54) is 0 Å². The average Bonchev–Trinajstić information content (AvgIpc) is 3.21. The summed E-state index contributed by atoms with van der Waals surface area (Å²) in [7, 11) is 1.73. The Labute approximate surface area is 147 Å². The van der Waals surface area contributed by atoms with Gasteiger partial charge in [-0.2, -0.15) is 18.3 Å². The molecule has 1 unspecified atom stereocenters. The molecule has 1 saturated heterocycles. The number of nitrogens with zero attached hydrogens (tertiary/aromatic N) is 2. The smallest absolute Gasteiger partial charge is 0.341 e. The monoisotopic (exact) mass is 370 g/mol. The molecule has 1 fully saturated rings. The summed E-state index contributed by atoms with van der Waals surface area (Å²) in [4.78, 5) is 12.6. The van der Waals surface area contributed by atoms with Crippen LogP contribution in [-0.2, 0) is 11.8 Å². The van der Waals surface area contributed by atoms with Crippen LogP contribution in [0.1, 0.15) is 23.1 Å². The highest BCUT2D eigenvalue weighted by Crippen LogP contribution is 2.34. The number of nitrogens with one attached hydrogen (secondary N) is 2. The molecule has 1 aromatic carbocycles. The van der Waals surface area contributed by atoms with Crippen molar-refractivity contribution < 1.29 is 22.4 Å². The van der Waals surface area contributed by atoms with Crippen molar-refractivity contribution in [2.24, 2.45) is 13.0 Å². The van der Waals surface area contributed by atoms with Crippen LogP contribution in [0.4, 0.5) is 17.6 Å². The molecule has 0 radical (unpaired) electrons. The molecule has 9 heteroatoms. The molecule has 3 atom stereocenters. The Kier molecular flexibility index (Phi) is 4.99. The molecule has 1 amide bonds. The molecule has 5 nitrogen and oxygen atoms in total. The second-order valence-corrected chi connectivity index (χ2v) is 6.35. The van der Waals surface area contributed by atoms with Gasteiger partial charge in [0.2, 0.25) is 5.91 Å². The van der Waals surface area contributed by atoms with Gasteiger partial charge in [0, 0.05) is 32.3 Å². The standard InChI is InChI=1S/C17H18F4N4O/c1-25-9-11(6-23-25)13-7-22-8-14(13)16(26)24-15(17(19,20)21)10-2-4-12(18)5-3-10/h2-6,9,13-15,22H,7-8H2,1H3,(H,24,26)/t13-,14+,15?/m1/s1. The molecule has 2 heterocycles. The van der Waals surface area contributed by atoms with Crippen LogP contribution < -0.4 is 10.6 Å². The Balaban J connectivity index is 1.80. The molecule has 0 aliphatic carbocycles. The molecule has 1 aliphatic rings. The van der Waals surface area contributed by atoms with E-state index in [1.54, 1.807) is 24.1 Å². The van der Waals surface area contributed by atoms with E-state index in [9.17, 15) is 22.4 Å². The highest BCUT2D eigenvalue weighted by Gasteiger charge is 2.44. The minimum Gasteiger partial charge on any atom is -0.341 e.